The van der Waals surface area contributed by atoms with E-state index < -0.39 is 5.82 Å². The molecular formula is C21H19ClFN9O2. The molecule has 13 heteroatoms. The van der Waals surface area contributed by atoms with Crippen molar-refractivity contribution in [1.29, 1.82) is 5.26 Å². The number of halogens is 2. The van der Waals surface area contributed by atoms with Gasteiger partial charge in [-0.2, -0.15) is 9.94 Å². The van der Waals surface area contributed by atoms with Crippen LogP contribution in [0.1, 0.15) is 22.8 Å². The van der Waals surface area contributed by atoms with Crippen LogP contribution >= 0.6 is 11.6 Å². The molecule has 1 amide bonds. The van der Waals surface area contributed by atoms with Crippen molar-refractivity contribution in [3.05, 3.63) is 58.4 Å². The number of fused-ring (bicyclic) bond motifs is 1. The van der Waals surface area contributed by atoms with E-state index in [9.17, 15) is 14.4 Å². The number of tetrazole rings is 1. The minimum absolute atomic E-state index is 0.0132. The van der Waals surface area contributed by atoms with Crippen molar-refractivity contribution in [1.82, 2.24) is 40.0 Å². The van der Waals surface area contributed by atoms with Crippen LogP contribution in [0.2, 0.25) is 5.02 Å². The summed E-state index contributed by atoms with van der Waals surface area (Å²) in [6, 6.07) is 4.66. The minimum atomic E-state index is -0.646. The van der Waals surface area contributed by atoms with Crippen molar-refractivity contribution < 1.29 is 13.9 Å². The summed E-state index contributed by atoms with van der Waals surface area (Å²) in [5.74, 6) is -0.333. The molecule has 34 heavy (non-hydrogen) atoms. The number of carbonyl (C=O) groups excluding carboxylic acids is 1. The van der Waals surface area contributed by atoms with E-state index in [4.69, 9.17) is 16.3 Å². The molecule has 1 aromatic carbocycles. The standard InChI is InChI=1S/C21H19ClFN9O2/c22-20-15(1-2-17(23)16(20)6-24)18-10-30-3-4-31(9-14(30)11-34-18)19(33)5-13-7-25-21(26-8-13)32-12-27-28-29-32/h1-2,7-8,12,14,18H,3-5,9-11H2/t14-,18-/m0/s1. The van der Waals surface area contributed by atoms with E-state index in [1.165, 1.54) is 17.1 Å². The number of ether oxygens (including phenoxy) is 1. The maximum Gasteiger partial charge on any atom is 0.253 e. The lowest BCUT2D eigenvalue weighted by Gasteiger charge is -2.46. The lowest BCUT2D eigenvalue weighted by molar-refractivity contribution is -0.139. The smallest absolute Gasteiger partial charge is 0.253 e. The lowest BCUT2D eigenvalue weighted by Crippen LogP contribution is -2.59. The van der Waals surface area contributed by atoms with Gasteiger partial charge in [-0.05, 0) is 22.1 Å². The first-order valence-corrected chi connectivity index (χ1v) is 11.0. The molecule has 0 saturated carbocycles. The molecule has 2 aromatic heterocycles. The summed E-state index contributed by atoms with van der Waals surface area (Å²) >= 11 is 6.27. The molecule has 4 heterocycles. The minimum Gasteiger partial charge on any atom is -0.370 e. The normalized spacial score (nSPS) is 20.6. The molecule has 0 aliphatic carbocycles. The summed E-state index contributed by atoms with van der Waals surface area (Å²) in [6.07, 6.45) is 4.40. The molecule has 2 atom stereocenters. The molecule has 0 N–H and O–H groups in total. The number of carbonyl (C=O) groups is 1. The number of morpholine rings is 1. The highest BCUT2D eigenvalue weighted by atomic mass is 35.5. The van der Waals surface area contributed by atoms with Gasteiger partial charge in [-0.3, -0.25) is 9.69 Å². The monoisotopic (exact) mass is 483 g/mol. The van der Waals surface area contributed by atoms with Crippen LogP contribution in [0.25, 0.3) is 5.95 Å². The number of benzene rings is 1. The third-order valence-electron chi connectivity index (χ3n) is 6.03. The number of piperazine rings is 1. The van der Waals surface area contributed by atoms with E-state index in [2.05, 4.69) is 30.4 Å². The van der Waals surface area contributed by atoms with E-state index in [1.807, 2.05) is 11.0 Å². The lowest BCUT2D eigenvalue weighted by atomic mass is 10.0. The Morgan fingerprint density at radius 1 is 1.26 bits per heavy atom. The highest BCUT2D eigenvalue weighted by Gasteiger charge is 2.36. The third-order valence-corrected chi connectivity index (χ3v) is 6.44. The van der Waals surface area contributed by atoms with E-state index in [0.717, 1.165) is 0 Å². The van der Waals surface area contributed by atoms with Gasteiger partial charge in [0.05, 0.1) is 30.2 Å². The Morgan fingerprint density at radius 2 is 2.09 bits per heavy atom. The average Bonchev–Trinajstić information content (AvgIpc) is 3.39. The van der Waals surface area contributed by atoms with E-state index in [0.29, 0.717) is 49.9 Å². The zero-order valence-corrected chi connectivity index (χ0v) is 18.6. The molecule has 2 aliphatic rings. The number of nitrogens with zero attached hydrogens (tertiary/aromatic N) is 9. The van der Waals surface area contributed by atoms with Gasteiger partial charge in [0.2, 0.25) is 5.91 Å². The molecule has 2 saturated heterocycles. The van der Waals surface area contributed by atoms with Crippen molar-refractivity contribution in [3.8, 4) is 12.0 Å². The number of nitriles is 1. The predicted octanol–water partition coefficient (Wildman–Crippen LogP) is 0.943. The second-order valence-electron chi connectivity index (χ2n) is 8.07. The number of hydrogen-bond donors (Lipinski definition) is 0. The summed E-state index contributed by atoms with van der Waals surface area (Å²) in [7, 11) is 0. The maximum atomic E-state index is 13.8. The molecular weight excluding hydrogens is 465 g/mol. The van der Waals surface area contributed by atoms with E-state index in [-0.39, 0.29) is 35.1 Å². The van der Waals surface area contributed by atoms with Crippen LogP contribution in [-0.2, 0) is 16.0 Å². The first-order chi connectivity index (χ1) is 16.5. The van der Waals surface area contributed by atoms with Gasteiger partial charge in [0, 0.05) is 44.1 Å². The SMILES string of the molecule is N#Cc1c(F)ccc([C@@H]2CN3CCN(C(=O)Cc4cnc(-n5cnnn5)nc4)C[C@H]3CO2)c1Cl. The number of aromatic nitrogens is 6. The molecule has 0 bridgehead atoms. The second-order valence-corrected chi connectivity index (χ2v) is 8.45. The van der Waals surface area contributed by atoms with Crippen LogP contribution < -0.4 is 0 Å². The van der Waals surface area contributed by atoms with Gasteiger partial charge in [0.25, 0.3) is 5.95 Å². The second kappa shape index (κ2) is 9.38. The summed E-state index contributed by atoms with van der Waals surface area (Å²) in [5, 5.41) is 20.1. The maximum absolute atomic E-state index is 13.8. The summed E-state index contributed by atoms with van der Waals surface area (Å²) in [5.41, 5.74) is 1.13. The average molecular weight is 484 g/mol. The fourth-order valence-corrected chi connectivity index (χ4v) is 4.53. The first-order valence-electron chi connectivity index (χ1n) is 10.6. The summed E-state index contributed by atoms with van der Waals surface area (Å²) in [4.78, 5) is 25.3. The quantitative estimate of drug-likeness (QED) is 0.532. The van der Waals surface area contributed by atoms with Gasteiger partial charge in [0.15, 0.2) is 0 Å². The third kappa shape index (κ3) is 4.33. The largest absolute Gasteiger partial charge is 0.370 e. The van der Waals surface area contributed by atoms with E-state index in [1.54, 1.807) is 18.5 Å². The molecule has 0 spiro atoms. The molecule has 5 rings (SSSR count). The number of rotatable bonds is 4. The van der Waals surface area contributed by atoms with Crippen LogP contribution in [0.5, 0.6) is 0 Å². The predicted molar refractivity (Wildman–Crippen MR) is 115 cm³/mol. The van der Waals surface area contributed by atoms with E-state index >= 15 is 0 Å². The molecule has 2 fully saturated rings. The van der Waals surface area contributed by atoms with Gasteiger partial charge in [-0.15, -0.1) is 5.10 Å². The summed E-state index contributed by atoms with van der Waals surface area (Å²) < 4.78 is 21.2. The van der Waals surface area contributed by atoms with Crippen LogP contribution in [-0.4, -0.2) is 84.7 Å². The van der Waals surface area contributed by atoms with Gasteiger partial charge < -0.3 is 9.64 Å². The molecule has 0 unspecified atom stereocenters. The van der Waals surface area contributed by atoms with Gasteiger partial charge in [-0.1, -0.05) is 17.7 Å². The highest BCUT2D eigenvalue weighted by molar-refractivity contribution is 6.32. The van der Waals surface area contributed by atoms with Crippen LogP contribution in [0, 0.1) is 17.1 Å². The Balaban J connectivity index is 1.19. The number of hydrogen-bond acceptors (Lipinski definition) is 9. The fourth-order valence-electron chi connectivity index (χ4n) is 4.22. The molecule has 11 nitrogen and oxygen atoms in total. The van der Waals surface area contributed by atoms with Crippen LogP contribution in [0.3, 0.4) is 0 Å². The van der Waals surface area contributed by atoms with Crippen molar-refractivity contribution in [2.24, 2.45) is 0 Å². The Morgan fingerprint density at radius 3 is 2.82 bits per heavy atom. The molecule has 0 radical (unpaired) electrons. The zero-order chi connectivity index (χ0) is 23.7. The van der Waals surface area contributed by atoms with Crippen molar-refractivity contribution in [3.63, 3.8) is 0 Å². The highest BCUT2D eigenvalue weighted by Crippen LogP contribution is 2.34. The van der Waals surface area contributed by atoms with Crippen molar-refractivity contribution in [2.45, 2.75) is 18.6 Å². The Hall–Kier alpha value is -3.53. The molecule has 3 aromatic rings. The Bertz CT molecular complexity index is 1230. The van der Waals surface area contributed by atoms with Crippen molar-refractivity contribution >= 4 is 17.5 Å². The van der Waals surface area contributed by atoms with Crippen LogP contribution in [0.4, 0.5) is 4.39 Å². The first kappa shape index (κ1) is 22.3. The molecule has 2 aliphatic heterocycles. The van der Waals surface area contributed by atoms with Gasteiger partial charge in [0.1, 0.15) is 23.8 Å². The zero-order valence-electron chi connectivity index (χ0n) is 17.9. The van der Waals surface area contributed by atoms with Crippen molar-refractivity contribution in [2.75, 3.05) is 32.8 Å². The topological polar surface area (TPSA) is 126 Å². The van der Waals surface area contributed by atoms with Crippen LogP contribution in [0.15, 0.2) is 30.9 Å². The van der Waals surface area contributed by atoms with Gasteiger partial charge in [-0.25, -0.2) is 14.4 Å². The number of amides is 1. The Labute approximate surface area is 198 Å². The summed E-state index contributed by atoms with van der Waals surface area (Å²) in [6.45, 7) is 2.74. The van der Waals surface area contributed by atoms with Gasteiger partial charge >= 0.3 is 0 Å². The molecule has 174 valence electrons. The fraction of sp³-hybridized carbons (Fsp3) is 0.381. The Kier molecular flexibility index (Phi) is 6.14.